The van der Waals surface area contributed by atoms with Crippen LogP contribution in [0.25, 0.3) is 0 Å². The molecule has 172 valence electrons. The highest BCUT2D eigenvalue weighted by atomic mass is 79.9. The van der Waals surface area contributed by atoms with Gasteiger partial charge in [-0.2, -0.15) is 0 Å². The number of rotatable bonds is 20. The second-order valence-corrected chi connectivity index (χ2v) is 9.61. The summed E-state index contributed by atoms with van der Waals surface area (Å²) in [4.78, 5) is 11.8. The van der Waals surface area contributed by atoms with E-state index in [1.165, 1.54) is 96.3 Å². The van der Waals surface area contributed by atoms with Crippen molar-refractivity contribution in [1.82, 2.24) is 0 Å². The van der Waals surface area contributed by atoms with Crippen LogP contribution in [0.4, 0.5) is 0 Å². The molecular formula is C27H45BrO2. The number of carbonyl (C=O) groups is 1. The number of hydrogen-bond donors (Lipinski definition) is 0. The van der Waals surface area contributed by atoms with Crippen molar-refractivity contribution < 1.29 is 9.53 Å². The third-order valence-corrected chi connectivity index (χ3v) is 6.33. The Morgan fingerprint density at radius 2 is 1.07 bits per heavy atom. The highest BCUT2D eigenvalue weighted by Crippen LogP contribution is 2.15. The molecule has 0 unspecified atom stereocenters. The third-order valence-electron chi connectivity index (χ3n) is 5.80. The van der Waals surface area contributed by atoms with Gasteiger partial charge in [0.25, 0.3) is 0 Å². The second-order valence-electron chi connectivity index (χ2n) is 8.69. The second kappa shape index (κ2) is 20.1. The smallest absolute Gasteiger partial charge is 0.306 e. The van der Waals surface area contributed by atoms with Crippen LogP contribution in [0.3, 0.4) is 0 Å². The van der Waals surface area contributed by atoms with Crippen molar-refractivity contribution in [3.05, 3.63) is 34.3 Å². The van der Waals surface area contributed by atoms with Crippen molar-refractivity contribution >= 4 is 21.9 Å². The largest absolute Gasteiger partial charge is 0.461 e. The van der Waals surface area contributed by atoms with Crippen LogP contribution in [0.2, 0.25) is 0 Å². The summed E-state index contributed by atoms with van der Waals surface area (Å²) in [6.45, 7) is 2.66. The Kier molecular flexibility index (Phi) is 18.2. The first-order chi connectivity index (χ1) is 14.7. The van der Waals surface area contributed by atoms with Crippen molar-refractivity contribution in [2.45, 2.75) is 129 Å². The van der Waals surface area contributed by atoms with Gasteiger partial charge in [0, 0.05) is 10.9 Å². The molecule has 1 aromatic rings. The fourth-order valence-corrected chi connectivity index (χ4v) is 4.08. The summed E-state index contributed by atoms with van der Waals surface area (Å²) in [5, 5.41) is 0. The zero-order chi connectivity index (χ0) is 21.7. The van der Waals surface area contributed by atoms with Crippen LogP contribution in [0.15, 0.2) is 28.7 Å². The number of unbranched alkanes of at least 4 members (excludes halogenated alkanes) is 16. The minimum atomic E-state index is -0.0705. The Morgan fingerprint density at radius 1 is 0.667 bits per heavy atom. The van der Waals surface area contributed by atoms with Gasteiger partial charge in [-0.15, -0.1) is 0 Å². The van der Waals surface area contributed by atoms with Gasteiger partial charge in [-0.05, 0) is 24.1 Å². The van der Waals surface area contributed by atoms with Crippen LogP contribution in [0.1, 0.15) is 128 Å². The zero-order valence-corrected chi connectivity index (χ0v) is 21.0. The first-order valence-electron chi connectivity index (χ1n) is 12.6. The van der Waals surface area contributed by atoms with E-state index in [0.29, 0.717) is 13.0 Å². The van der Waals surface area contributed by atoms with Gasteiger partial charge < -0.3 is 4.74 Å². The lowest BCUT2D eigenvalue weighted by molar-refractivity contribution is -0.145. The lowest BCUT2D eigenvalue weighted by Crippen LogP contribution is -2.04. The van der Waals surface area contributed by atoms with Gasteiger partial charge >= 0.3 is 5.97 Å². The molecule has 0 saturated heterocycles. The number of hydrogen-bond acceptors (Lipinski definition) is 2. The molecule has 0 N–H and O–H groups in total. The van der Waals surface area contributed by atoms with Crippen LogP contribution in [-0.2, 0) is 16.1 Å². The number of ether oxygens (including phenoxy) is 1. The highest BCUT2D eigenvalue weighted by Gasteiger charge is 2.03. The maximum absolute atomic E-state index is 11.8. The van der Waals surface area contributed by atoms with Crippen molar-refractivity contribution in [3.8, 4) is 0 Å². The lowest BCUT2D eigenvalue weighted by atomic mass is 10.0. The molecule has 30 heavy (non-hydrogen) atoms. The molecule has 3 heteroatoms. The average Bonchev–Trinajstić information content (AvgIpc) is 2.75. The molecule has 0 saturated carbocycles. The van der Waals surface area contributed by atoms with Crippen molar-refractivity contribution in [3.63, 3.8) is 0 Å². The molecule has 0 radical (unpaired) electrons. The molecule has 0 fully saturated rings. The normalized spacial score (nSPS) is 11.0. The van der Waals surface area contributed by atoms with Crippen LogP contribution >= 0.6 is 15.9 Å². The Morgan fingerprint density at radius 3 is 1.50 bits per heavy atom. The quantitative estimate of drug-likeness (QED) is 0.137. The van der Waals surface area contributed by atoms with E-state index in [1.54, 1.807) is 0 Å². The minimum Gasteiger partial charge on any atom is -0.461 e. The van der Waals surface area contributed by atoms with Crippen molar-refractivity contribution in [2.75, 3.05) is 0 Å². The highest BCUT2D eigenvalue weighted by molar-refractivity contribution is 9.10. The Balaban J connectivity index is 1.77. The maximum Gasteiger partial charge on any atom is 0.306 e. The standard InChI is InChI=1S/C27H45BrO2/c1-2-3-4-5-6-7-8-9-10-11-12-13-14-15-16-17-18-19-27(29)30-24-25-20-22-26(28)23-21-25/h20-23H,2-19,24H2,1H3. The Labute approximate surface area is 194 Å². The van der Waals surface area contributed by atoms with Gasteiger partial charge in [-0.1, -0.05) is 138 Å². The molecule has 0 aliphatic heterocycles. The summed E-state index contributed by atoms with van der Waals surface area (Å²) in [7, 11) is 0. The van der Waals surface area contributed by atoms with E-state index in [1.807, 2.05) is 24.3 Å². The average molecular weight is 482 g/mol. The van der Waals surface area contributed by atoms with Gasteiger partial charge in [0.15, 0.2) is 0 Å². The van der Waals surface area contributed by atoms with E-state index < -0.39 is 0 Å². The predicted molar refractivity (Wildman–Crippen MR) is 133 cm³/mol. The van der Waals surface area contributed by atoms with Crippen LogP contribution < -0.4 is 0 Å². The number of carbonyl (C=O) groups excluding carboxylic acids is 1. The molecule has 0 aliphatic carbocycles. The number of benzene rings is 1. The molecule has 0 bridgehead atoms. The summed E-state index contributed by atoms with van der Waals surface area (Å²) < 4.78 is 6.39. The molecule has 0 heterocycles. The van der Waals surface area contributed by atoms with E-state index in [2.05, 4.69) is 22.9 Å². The lowest BCUT2D eigenvalue weighted by Gasteiger charge is -2.05. The Bertz CT molecular complexity index is 512. The molecule has 0 aromatic heterocycles. The van der Waals surface area contributed by atoms with Gasteiger partial charge in [0.2, 0.25) is 0 Å². The molecule has 0 amide bonds. The van der Waals surface area contributed by atoms with Gasteiger partial charge in [-0.25, -0.2) is 0 Å². The van der Waals surface area contributed by atoms with Crippen LogP contribution in [0, 0.1) is 0 Å². The molecule has 1 aromatic carbocycles. The van der Waals surface area contributed by atoms with Crippen LogP contribution in [-0.4, -0.2) is 5.97 Å². The first-order valence-corrected chi connectivity index (χ1v) is 13.4. The van der Waals surface area contributed by atoms with Gasteiger partial charge in [0.05, 0.1) is 0 Å². The SMILES string of the molecule is CCCCCCCCCCCCCCCCCCCC(=O)OCc1ccc(Br)cc1. The number of esters is 1. The molecule has 2 nitrogen and oxygen atoms in total. The zero-order valence-electron chi connectivity index (χ0n) is 19.4. The first kappa shape index (κ1) is 27.2. The van der Waals surface area contributed by atoms with E-state index in [4.69, 9.17) is 4.74 Å². The summed E-state index contributed by atoms with van der Waals surface area (Å²) in [6, 6.07) is 7.90. The number of halogens is 1. The van der Waals surface area contributed by atoms with E-state index in [-0.39, 0.29) is 5.97 Å². The summed E-state index contributed by atoms with van der Waals surface area (Å²) in [5.74, 6) is -0.0705. The fraction of sp³-hybridized carbons (Fsp3) is 0.741. The van der Waals surface area contributed by atoms with Gasteiger partial charge in [0.1, 0.15) is 6.61 Å². The molecule has 1 rings (SSSR count). The topological polar surface area (TPSA) is 26.3 Å². The molecule has 0 atom stereocenters. The molecular weight excluding hydrogens is 436 g/mol. The van der Waals surface area contributed by atoms with Crippen molar-refractivity contribution in [2.24, 2.45) is 0 Å². The Hall–Kier alpha value is -0.830. The van der Waals surface area contributed by atoms with E-state index in [0.717, 1.165) is 22.9 Å². The van der Waals surface area contributed by atoms with Crippen molar-refractivity contribution in [1.29, 1.82) is 0 Å². The monoisotopic (exact) mass is 480 g/mol. The summed E-state index contributed by atoms with van der Waals surface area (Å²) in [6.07, 6.45) is 23.6. The van der Waals surface area contributed by atoms with Gasteiger partial charge in [-0.3, -0.25) is 4.79 Å². The van der Waals surface area contributed by atoms with Crippen LogP contribution in [0.5, 0.6) is 0 Å². The fourth-order valence-electron chi connectivity index (χ4n) is 3.81. The molecule has 0 aliphatic rings. The van der Waals surface area contributed by atoms with E-state index >= 15 is 0 Å². The predicted octanol–water partition coefficient (Wildman–Crippen LogP) is 9.53. The summed E-state index contributed by atoms with van der Waals surface area (Å²) >= 11 is 3.41. The summed E-state index contributed by atoms with van der Waals surface area (Å²) in [5.41, 5.74) is 1.04. The van der Waals surface area contributed by atoms with E-state index in [9.17, 15) is 4.79 Å². The molecule has 0 spiro atoms. The maximum atomic E-state index is 11.8. The minimum absolute atomic E-state index is 0.0705. The third kappa shape index (κ3) is 16.9.